The van der Waals surface area contributed by atoms with Crippen molar-refractivity contribution >= 4 is 32.6 Å². The van der Waals surface area contributed by atoms with Crippen molar-refractivity contribution in [3.8, 4) is 0 Å². The monoisotopic (exact) mass is 552 g/mol. The van der Waals surface area contributed by atoms with Crippen LogP contribution in [-0.2, 0) is 29.9 Å². The minimum Gasteiger partial charge on any atom is -0.384 e. The van der Waals surface area contributed by atoms with Crippen LogP contribution in [0.4, 0.5) is 5.69 Å². The minimum atomic E-state index is -3.81. The molecule has 9 heteroatoms. The van der Waals surface area contributed by atoms with Crippen molar-refractivity contribution in [1.82, 2.24) is 14.5 Å². The zero-order chi connectivity index (χ0) is 28.1. The van der Waals surface area contributed by atoms with Gasteiger partial charge in [-0.05, 0) is 54.5 Å². The van der Waals surface area contributed by atoms with Crippen molar-refractivity contribution < 1.29 is 8.42 Å². The summed E-state index contributed by atoms with van der Waals surface area (Å²) in [6.45, 7) is 0.738. The molecule has 1 aliphatic rings. The van der Waals surface area contributed by atoms with E-state index in [1.54, 1.807) is 24.3 Å². The van der Waals surface area contributed by atoms with E-state index in [0.717, 1.165) is 28.8 Å². The number of fused-ring (bicyclic) bond motifs is 1. The number of nitrogens with two attached hydrogens (primary N) is 1. The average Bonchev–Trinajstić information content (AvgIpc) is 3.10. The molecule has 0 saturated carbocycles. The fourth-order valence-electron chi connectivity index (χ4n) is 4.69. The first-order valence-electron chi connectivity index (χ1n) is 13.1. The Kier molecular flexibility index (Phi) is 7.84. The van der Waals surface area contributed by atoms with Crippen LogP contribution >= 0.6 is 0 Å². The van der Waals surface area contributed by atoms with E-state index >= 15 is 0 Å². The molecule has 0 saturated heterocycles. The van der Waals surface area contributed by atoms with Crippen molar-refractivity contribution in [3.05, 3.63) is 126 Å². The van der Waals surface area contributed by atoms with Gasteiger partial charge in [0.05, 0.1) is 28.2 Å². The van der Waals surface area contributed by atoms with Gasteiger partial charge in [0, 0.05) is 38.0 Å². The number of allylic oxidation sites excluding steroid dienone is 4. The van der Waals surface area contributed by atoms with Crippen LogP contribution in [-0.4, -0.2) is 41.8 Å². The predicted octanol–water partition coefficient (Wildman–Crippen LogP) is 4.74. The standard InChI is InChI=1S/C31H32N6O2S/c1-35-29-17-16-26(23-28(29)34-30(35)18-13-24-11-14-25(15-12-24)31(32)33)37(22-21-36-19-7-2-3-8-20-36)40(38,39)27-9-5-4-6-10-27/h2-12,14-17,19-20,23H,13,18,21-22H2,1H3,(H3,32,33). The van der Waals surface area contributed by atoms with E-state index in [4.69, 9.17) is 16.1 Å². The Morgan fingerprint density at radius 1 is 0.925 bits per heavy atom. The molecule has 3 aromatic carbocycles. The summed E-state index contributed by atoms with van der Waals surface area (Å²) in [7, 11) is -1.83. The van der Waals surface area contributed by atoms with Crippen LogP contribution in [0.2, 0.25) is 0 Å². The van der Waals surface area contributed by atoms with E-state index < -0.39 is 10.0 Å². The Balaban J connectivity index is 1.43. The lowest BCUT2D eigenvalue weighted by Gasteiger charge is -2.27. The third-order valence-corrected chi connectivity index (χ3v) is 8.77. The second-order valence-corrected chi connectivity index (χ2v) is 11.4. The molecule has 1 aliphatic heterocycles. The number of rotatable bonds is 10. The number of imidazole rings is 1. The Labute approximate surface area is 234 Å². The molecule has 204 valence electrons. The zero-order valence-corrected chi connectivity index (χ0v) is 23.1. The molecule has 0 amide bonds. The van der Waals surface area contributed by atoms with Gasteiger partial charge >= 0.3 is 0 Å². The fraction of sp³-hybridized carbons (Fsp3) is 0.161. The number of aryl methyl sites for hydroxylation is 3. The van der Waals surface area contributed by atoms with Crippen LogP contribution in [0.15, 0.2) is 114 Å². The van der Waals surface area contributed by atoms with E-state index in [1.165, 1.54) is 4.31 Å². The highest BCUT2D eigenvalue weighted by Crippen LogP contribution is 2.28. The van der Waals surface area contributed by atoms with Crippen molar-refractivity contribution in [2.24, 2.45) is 12.8 Å². The second-order valence-electron chi connectivity index (χ2n) is 9.57. The van der Waals surface area contributed by atoms with Crippen LogP contribution in [0.3, 0.4) is 0 Å². The van der Waals surface area contributed by atoms with Crippen LogP contribution in [0, 0.1) is 5.41 Å². The van der Waals surface area contributed by atoms with E-state index in [0.29, 0.717) is 24.2 Å². The molecule has 0 spiro atoms. The largest absolute Gasteiger partial charge is 0.384 e. The molecule has 5 rings (SSSR count). The van der Waals surface area contributed by atoms with E-state index in [2.05, 4.69) is 4.57 Å². The molecule has 0 aliphatic carbocycles. The number of amidine groups is 1. The maximum atomic E-state index is 13.8. The van der Waals surface area contributed by atoms with Gasteiger partial charge in [-0.2, -0.15) is 0 Å². The summed E-state index contributed by atoms with van der Waals surface area (Å²) in [5.74, 6) is 0.963. The number of anilines is 1. The number of nitrogen functional groups attached to an aromatic ring is 1. The molecule has 1 aromatic heterocycles. The Morgan fingerprint density at radius 2 is 1.62 bits per heavy atom. The highest BCUT2D eigenvalue weighted by atomic mass is 32.2. The van der Waals surface area contributed by atoms with Gasteiger partial charge in [0.1, 0.15) is 11.7 Å². The molecule has 0 fully saturated rings. The predicted molar refractivity (Wildman–Crippen MR) is 161 cm³/mol. The molecule has 8 nitrogen and oxygen atoms in total. The Morgan fingerprint density at radius 3 is 2.30 bits per heavy atom. The van der Waals surface area contributed by atoms with Crippen molar-refractivity contribution in [2.45, 2.75) is 17.7 Å². The van der Waals surface area contributed by atoms with Gasteiger partial charge in [0.2, 0.25) is 0 Å². The highest BCUT2D eigenvalue weighted by molar-refractivity contribution is 7.92. The quantitative estimate of drug-likeness (QED) is 0.218. The summed E-state index contributed by atoms with van der Waals surface area (Å²) < 4.78 is 31.2. The molecule has 3 N–H and O–H groups in total. The number of nitrogens with one attached hydrogen (secondary N) is 1. The van der Waals surface area contributed by atoms with Gasteiger partial charge in [-0.3, -0.25) is 9.71 Å². The molecule has 4 aromatic rings. The Hall–Kier alpha value is -4.63. The molecular weight excluding hydrogens is 520 g/mol. The van der Waals surface area contributed by atoms with Crippen LogP contribution in [0.5, 0.6) is 0 Å². The summed E-state index contributed by atoms with van der Waals surface area (Å²) >= 11 is 0. The van der Waals surface area contributed by atoms with Gasteiger partial charge in [-0.25, -0.2) is 13.4 Å². The maximum absolute atomic E-state index is 13.8. The Bertz CT molecular complexity index is 1690. The molecule has 0 atom stereocenters. The summed E-state index contributed by atoms with van der Waals surface area (Å²) in [6, 6.07) is 21.8. The smallest absolute Gasteiger partial charge is 0.264 e. The molecule has 40 heavy (non-hydrogen) atoms. The molecular formula is C31H32N6O2S. The third kappa shape index (κ3) is 5.84. The van der Waals surface area contributed by atoms with E-state index in [-0.39, 0.29) is 17.3 Å². The minimum absolute atomic E-state index is 0.0531. The molecule has 0 bridgehead atoms. The van der Waals surface area contributed by atoms with Gasteiger partial charge in [0.25, 0.3) is 10.0 Å². The topological polar surface area (TPSA) is 108 Å². The van der Waals surface area contributed by atoms with Gasteiger partial charge in [-0.15, -0.1) is 0 Å². The second kappa shape index (κ2) is 11.6. The van der Waals surface area contributed by atoms with Crippen LogP contribution in [0.1, 0.15) is 17.0 Å². The molecule has 2 heterocycles. The molecule has 0 unspecified atom stereocenters. The number of benzene rings is 3. The van der Waals surface area contributed by atoms with Gasteiger partial charge in [-0.1, -0.05) is 54.6 Å². The SMILES string of the molecule is Cn1c(CCc2ccc(C(=N)N)cc2)nc2cc(N(CCN3C=CC=CC=C3)S(=O)(=O)c3ccccc3)ccc21. The van der Waals surface area contributed by atoms with Crippen LogP contribution < -0.4 is 10.0 Å². The summed E-state index contributed by atoms with van der Waals surface area (Å²) in [5.41, 5.74) is 9.65. The summed E-state index contributed by atoms with van der Waals surface area (Å²) in [6.07, 6.45) is 13.1. The summed E-state index contributed by atoms with van der Waals surface area (Å²) in [5, 5.41) is 7.57. The van der Waals surface area contributed by atoms with Crippen molar-refractivity contribution in [2.75, 3.05) is 17.4 Å². The van der Waals surface area contributed by atoms with E-state index in [9.17, 15) is 8.42 Å². The van der Waals surface area contributed by atoms with E-state index in [1.807, 2.05) is 97.2 Å². The van der Waals surface area contributed by atoms with Gasteiger partial charge in [0.15, 0.2) is 0 Å². The van der Waals surface area contributed by atoms with Gasteiger partial charge < -0.3 is 15.2 Å². The average molecular weight is 553 g/mol. The first-order chi connectivity index (χ1) is 19.3. The van der Waals surface area contributed by atoms with Crippen molar-refractivity contribution in [1.29, 1.82) is 5.41 Å². The zero-order valence-electron chi connectivity index (χ0n) is 22.3. The number of nitrogens with zero attached hydrogens (tertiary/aromatic N) is 4. The number of sulfonamides is 1. The maximum Gasteiger partial charge on any atom is 0.264 e. The van der Waals surface area contributed by atoms with Crippen LogP contribution in [0.25, 0.3) is 11.0 Å². The fourth-order valence-corrected chi connectivity index (χ4v) is 6.15. The third-order valence-electron chi connectivity index (χ3n) is 6.93. The highest BCUT2D eigenvalue weighted by Gasteiger charge is 2.26. The van der Waals surface area contributed by atoms with Crippen molar-refractivity contribution in [3.63, 3.8) is 0 Å². The number of hydrogen-bond donors (Lipinski definition) is 2. The first kappa shape index (κ1) is 27.0. The first-order valence-corrected chi connectivity index (χ1v) is 14.5. The lowest BCUT2D eigenvalue weighted by molar-refractivity contribution is 0.513. The summed E-state index contributed by atoms with van der Waals surface area (Å²) in [4.78, 5) is 7.09. The lowest BCUT2D eigenvalue weighted by Crippen LogP contribution is -2.36. The molecule has 0 radical (unpaired) electrons. The number of aromatic nitrogens is 2. The normalized spacial score (nSPS) is 13.1. The lowest BCUT2D eigenvalue weighted by atomic mass is 10.1. The number of hydrogen-bond acceptors (Lipinski definition) is 5.